The van der Waals surface area contributed by atoms with Gasteiger partial charge in [0.15, 0.2) is 0 Å². The predicted molar refractivity (Wildman–Crippen MR) is 80.3 cm³/mol. The third-order valence-electron chi connectivity index (χ3n) is 3.36. The largest absolute Gasteiger partial charge is 0.390 e. The Morgan fingerprint density at radius 2 is 2.09 bits per heavy atom. The molecular formula is C14H21FN2O4S. The second-order valence-electron chi connectivity index (χ2n) is 5.30. The average Bonchev–Trinajstić information content (AvgIpc) is 2.46. The van der Waals surface area contributed by atoms with Crippen LogP contribution < -0.4 is 4.72 Å². The van der Waals surface area contributed by atoms with Gasteiger partial charge in [-0.15, -0.1) is 0 Å². The summed E-state index contributed by atoms with van der Waals surface area (Å²) in [6.45, 7) is 3.04. The highest BCUT2D eigenvalue weighted by Crippen LogP contribution is 2.07. The van der Waals surface area contributed by atoms with Crippen molar-refractivity contribution in [1.82, 2.24) is 9.62 Å². The Hall–Kier alpha value is -1.06. The summed E-state index contributed by atoms with van der Waals surface area (Å²) in [6.07, 6.45) is -0.791. The number of aliphatic hydroxyl groups is 1. The van der Waals surface area contributed by atoms with E-state index in [0.29, 0.717) is 25.3 Å². The van der Waals surface area contributed by atoms with Gasteiger partial charge in [-0.05, 0) is 17.7 Å². The van der Waals surface area contributed by atoms with Gasteiger partial charge < -0.3 is 9.84 Å². The van der Waals surface area contributed by atoms with Gasteiger partial charge in [0, 0.05) is 26.2 Å². The van der Waals surface area contributed by atoms with Crippen LogP contribution in [0.1, 0.15) is 5.56 Å². The number of nitrogens with zero attached hydrogens (tertiary/aromatic N) is 1. The van der Waals surface area contributed by atoms with Gasteiger partial charge in [0.05, 0.1) is 25.1 Å². The van der Waals surface area contributed by atoms with Crippen LogP contribution in [0.5, 0.6) is 0 Å². The van der Waals surface area contributed by atoms with Crippen LogP contribution in [-0.2, 0) is 20.5 Å². The summed E-state index contributed by atoms with van der Waals surface area (Å²) in [7, 11) is -3.61. The second-order valence-corrected chi connectivity index (χ2v) is 7.11. The molecule has 2 rings (SSSR count). The van der Waals surface area contributed by atoms with E-state index in [2.05, 4.69) is 4.72 Å². The van der Waals surface area contributed by atoms with E-state index in [9.17, 15) is 17.9 Å². The van der Waals surface area contributed by atoms with Crippen LogP contribution in [-0.4, -0.2) is 63.9 Å². The molecule has 0 saturated carbocycles. The molecule has 1 aromatic carbocycles. The summed E-state index contributed by atoms with van der Waals surface area (Å²) < 4.78 is 44.5. The Balaban J connectivity index is 1.78. The first-order valence-corrected chi connectivity index (χ1v) is 8.80. The van der Waals surface area contributed by atoms with Crippen LogP contribution in [0.15, 0.2) is 24.3 Å². The normalized spacial score (nSPS) is 18.3. The number of morpholine rings is 1. The molecule has 0 aromatic heterocycles. The lowest BCUT2D eigenvalue weighted by Crippen LogP contribution is -2.44. The molecule has 0 bridgehead atoms. The zero-order valence-electron chi connectivity index (χ0n) is 12.2. The highest BCUT2D eigenvalue weighted by Gasteiger charge is 2.18. The molecule has 0 amide bonds. The van der Waals surface area contributed by atoms with E-state index < -0.39 is 21.9 Å². The van der Waals surface area contributed by atoms with Crippen LogP contribution in [0, 0.1) is 5.82 Å². The fourth-order valence-electron chi connectivity index (χ4n) is 2.27. The number of ether oxygens (including phenoxy) is 1. The predicted octanol–water partition coefficient (Wildman–Crippen LogP) is -0.0618. The van der Waals surface area contributed by atoms with Crippen molar-refractivity contribution in [3.8, 4) is 0 Å². The van der Waals surface area contributed by atoms with E-state index in [4.69, 9.17) is 4.74 Å². The number of rotatable bonds is 7. The molecule has 1 unspecified atom stereocenters. The summed E-state index contributed by atoms with van der Waals surface area (Å²) in [5, 5.41) is 9.91. The second kappa shape index (κ2) is 7.98. The lowest BCUT2D eigenvalue weighted by atomic mass is 10.2. The van der Waals surface area contributed by atoms with Gasteiger partial charge in [-0.25, -0.2) is 17.5 Å². The number of sulfonamides is 1. The van der Waals surface area contributed by atoms with E-state index in [1.54, 1.807) is 6.07 Å². The van der Waals surface area contributed by atoms with Crippen LogP contribution in [0.2, 0.25) is 0 Å². The minimum absolute atomic E-state index is 0.0605. The number of halogens is 1. The fourth-order valence-corrected chi connectivity index (χ4v) is 3.43. The third kappa shape index (κ3) is 5.98. The van der Waals surface area contributed by atoms with E-state index in [0.717, 1.165) is 13.1 Å². The maximum absolute atomic E-state index is 13.0. The van der Waals surface area contributed by atoms with E-state index in [1.807, 2.05) is 4.90 Å². The van der Waals surface area contributed by atoms with Crippen molar-refractivity contribution in [2.24, 2.45) is 0 Å². The molecule has 1 aliphatic rings. The molecule has 0 aliphatic carbocycles. The first kappa shape index (κ1) is 17.3. The smallest absolute Gasteiger partial charge is 0.215 e. The van der Waals surface area contributed by atoms with Gasteiger partial charge in [-0.1, -0.05) is 12.1 Å². The molecule has 124 valence electrons. The molecule has 1 fully saturated rings. The van der Waals surface area contributed by atoms with Gasteiger partial charge in [-0.2, -0.15) is 0 Å². The van der Waals surface area contributed by atoms with Crippen LogP contribution in [0.25, 0.3) is 0 Å². The average molecular weight is 332 g/mol. The number of β-amino-alcohol motifs (C(OH)–C–C–N with tert-alkyl or cyclic N) is 1. The number of hydrogen-bond acceptors (Lipinski definition) is 5. The zero-order chi connectivity index (χ0) is 16.0. The van der Waals surface area contributed by atoms with Crippen LogP contribution >= 0.6 is 0 Å². The Bertz CT molecular complexity index is 576. The fraction of sp³-hybridized carbons (Fsp3) is 0.571. The van der Waals surface area contributed by atoms with Crippen molar-refractivity contribution in [3.63, 3.8) is 0 Å². The topological polar surface area (TPSA) is 78.9 Å². The molecular weight excluding hydrogens is 311 g/mol. The van der Waals surface area contributed by atoms with Crippen molar-refractivity contribution in [2.75, 3.05) is 39.4 Å². The summed E-state index contributed by atoms with van der Waals surface area (Å²) in [4.78, 5) is 2.02. The number of benzene rings is 1. The molecule has 1 aliphatic heterocycles. The summed E-state index contributed by atoms with van der Waals surface area (Å²) in [5.41, 5.74) is 0.371. The number of aliphatic hydroxyl groups excluding tert-OH is 1. The molecule has 1 heterocycles. The van der Waals surface area contributed by atoms with Gasteiger partial charge in [0.2, 0.25) is 10.0 Å². The molecule has 1 saturated heterocycles. The Morgan fingerprint density at radius 1 is 1.36 bits per heavy atom. The van der Waals surface area contributed by atoms with E-state index in [1.165, 1.54) is 18.2 Å². The van der Waals surface area contributed by atoms with E-state index in [-0.39, 0.29) is 12.3 Å². The molecule has 22 heavy (non-hydrogen) atoms. The van der Waals surface area contributed by atoms with Crippen LogP contribution in [0.3, 0.4) is 0 Å². The van der Waals surface area contributed by atoms with Gasteiger partial charge in [0.1, 0.15) is 5.82 Å². The first-order valence-electron chi connectivity index (χ1n) is 7.14. The minimum atomic E-state index is -3.61. The molecule has 6 nitrogen and oxygen atoms in total. The van der Waals surface area contributed by atoms with Gasteiger partial charge in [-0.3, -0.25) is 4.90 Å². The van der Waals surface area contributed by atoms with Crippen LogP contribution in [0.4, 0.5) is 4.39 Å². The summed E-state index contributed by atoms with van der Waals surface area (Å²) in [5.74, 6) is -0.783. The Morgan fingerprint density at radius 3 is 2.77 bits per heavy atom. The lowest BCUT2D eigenvalue weighted by molar-refractivity contribution is 0.0158. The zero-order valence-corrected chi connectivity index (χ0v) is 13.1. The maximum Gasteiger partial charge on any atom is 0.215 e. The van der Waals surface area contributed by atoms with Crippen molar-refractivity contribution >= 4 is 10.0 Å². The minimum Gasteiger partial charge on any atom is -0.390 e. The molecule has 0 spiro atoms. The Kier molecular flexibility index (Phi) is 6.27. The van der Waals surface area contributed by atoms with Crippen molar-refractivity contribution in [3.05, 3.63) is 35.6 Å². The Labute approximate surface area is 129 Å². The quantitative estimate of drug-likeness (QED) is 0.731. The highest BCUT2D eigenvalue weighted by molar-refractivity contribution is 7.88. The summed E-state index contributed by atoms with van der Waals surface area (Å²) in [6, 6.07) is 5.46. The van der Waals surface area contributed by atoms with Crippen molar-refractivity contribution in [1.29, 1.82) is 0 Å². The third-order valence-corrected chi connectivity index (χ3v) is 4.68. The SMILES string of the molecule is O=S(=O)(Cc1cccc(F)c1)NCC(O)CN1CCOCC1. The van der Waals surface area contributed by atoms with E-state index >= 15 is 0 Å². The number of nitrogens with one attached hydrogen (secondary N) is 1. The lowest BCUT2D eigenvalue weighted by Gasteiger charge is -2.28. The molecule has 2 N–H and O–H groups in total. The highest BCUT2D eigenvalue weighted by atomic mass is 32.2. The molecule has 8 heteroatoms. The van der Waals surface area contributed by atoms with Gasteiger partial charge in [0.25, 0.3) is 0 Å². The standard InChI is InChI=1S/C14H21FN2O4S/c15-13-3-1-2-12(8-13)11-22(19,20)16-9-14(18)10-17-4-6-21-7-5-17/h1-3,8,14,16,18H,4-7,9-11H2. The molecule has 0 radical (unpaired) electrons. The first-order chi connectivity index (χ1) is 10.4. The monoisotopic (exact) mass is 332 g/mol. The summed E-state index contributed by atoms with van der Waals surface area (Å²) >= 11 is 0. The maximum atomic E-state index is 13.0. The van der Waals surface area contributed by atoms with Crippen molar-refractivity contribution < 1.29 is 22.7 Å². The molecule has 1 aromatic rings. The molecule has 1 atom stereocenters. The number of hydrogen-bond donors (Lipinski definition) is 2. The van der Waals surface area contributed by atoms with Crippen molar-refractivity contribution in [2.45, 2.75) is 11.9 Å². The van der Waals surface area contributed by atoms with Gasteiger partial charge >= 0.3 is 0 Å².